The summed E-state index contributed by atoms with van der Waals surface area (Å²) in [5.41, 5.74) is 0.214. The zero-order valence-electron chi connectivity index (χ0n) is 12.9. The molecule has 3 aromatic rings. The molecule has 7 nitrogen and oxygen atoms in total. The number of carbonyl (C=O) groups is 1. The van der Waals surface area contributed by atoms with Crippen molar-refractivity contribution in [1.29, 1.82) is 0 Å². The molecule has 1 aliphatic carbocycles. The Balaban J connectivity index is 1.99. The number of hydrogen-bond acceptors (Lipinski definition) is 4. The van der Waals surface area contributed by atoms with Crippen molar-refractivity contribution in [3.63, 3.8) is 0 Å². The maximum atomic E-state index is 13.6. The van der Waals surface area contributed by atoms with Crippen LogP contribution in [-0.4, -0.2) is 35.5 Å². The van der Waals surface area contributed by atoms with E-state index in [1.807, 2.05) is 0 Å². The van der Waals surface area contributed by atoms with E-state index < -0.39 is 29.8 Å². The Labute approximate surface area is 138 Å². The quantitative estimate of drug-likeness (QED) is 0.783. The summed E-state index contributed by atoms with van der Waals surface area (Å²) >= 11 is 0. The van der Waals surface area contributed by atoms with Crippen molar-refractivity contribution in [1.82, 2.24) is 24.4 Å². The van der Waals surface area contributed by atoms with E-state index in [9.17, 15) is 23.1 Å². The first-order valence-electron chi connectivity index (χ1n) is 7.42. The molecule has 1 N–H and O–H groups in total. The predicted molar refractivity (Wildman–Crippen MR) is 77.9 cm³/mol. The smallest absolute Gasteiger partial charge is 0.333 e. The Morgan fingerprint density at radius 1 is 1.44 bits per heavy atom. The van der Waals surface area contributed by atoms with E-state index in [1.54, 1.807) is 6.92 Å². The summed E-state index contributed by atoms with van der Waals surface area (Å²) in [6.45, 7) is -1.13. The molecule has 1 unspecified atom stereocenters. The summed E-state index contributed by atoms with van der Waals surface area (Å²) in [5, 5.41) is 17.2. The fourth-order valence-electron chi connectivity index (χ4n) is 3.53. The number of aliphatic carboxylic acids is 1. The van der Waals surface area contributed by atoms with Gasteiger partial charge in [0, 0.05) is 24.0 Å². The summed E-state index contributed by atoms with van der Waals surface area (Å²) in [7, 11) is 0. The summed E-state index contributed by atoms with van der Waals surface area (Å²) in [6, 6.07) is 2.53. The lowest BCUT2D eigenvalue weighted by molar-refractivity contribution is -0.138. The number of fused-ring (bicyclic) bond motifs is 3. The van der Waals surface area contributed by atoms with Crippen LogP contribution in [0.25, 0.3) is 5.65 Å². The van der Waals surface area contributed by atoms with Crippen LogP contribution in [-0.2, 0) is 10.2 Å². The van der Waals surface area contributed by atoms with Crippen molar-refractivity contribution in [3.8, 4) is 0 Å². The summed E-state index contributed by atoms with van der Waals surface area (Å²) < 4.78 is 41.1. The highest BCUT2D eigenvalue weighted by molar-refractivity contribution is 5.79. The van der Waals surface area contributed by atoms with Crippen LogP contribution >= 0.6 is 0 Å². The van der Waals surface area contributed by atoms with Gasteiger partial charge in [-0.05, 0) is 19.4 Å². The van der Waals surface area contributed by atoms with Crippen LogP contribution in [0.15, 0.2) is 24.5 Å². The van der Waals surface area contributed by atoms with E-state index in [2.05, 4.69) is 15.2 Å². The number of alkyl halides is 2. The van der Waals surface area contributed by atoms with Crippen LogP contribution in [0.5, 0.6) is 0 Å². The predicted octanol–water partition coefficient (Wildman–Crippen LogP) is 2.34. The number of carboxylic acid groups (broad SMARTS) is 1. The number of nitrogens with zero attached hydrogens (tertiary/aromatic N) is 5. The van der Waals surface area contributed by atoms with E-state index in [1.165, 1.54) is 16.8 Å². The monoisotopic (exact) mass is 351 g/mol. The highest BCUT2D eigenvalue weighted by Gasteiger charge is 2.48. The van der Waals surface area contributed by atoms with Crippen LogP contribution in [0.3, 0.4) is 0 Å². The molecule has 0 aromatic carbocycles. The summed E-state index contributed by atoms with van der Waals surface area (Å²) in [6.07, 6.45) is 2.58. The van der Waals surface area contributed by atoms with Gasteiger partial charge >= 0.3 is 12.5 Å². The van der Waals surface area contributed by atoms with E-state index in [-0.39, 0.29) is 17.8 Å². The Bertz CT molecular complexity index is 998. The van der Waals surface area contributed by atoms with Crippen molar-refractivity contribution < 1.29 is 23.1 Å². The number of carboxylic acids is 1. The van der Waals surface area contributed by atoms with Gasteiger partial charge in [-0.25, -0.2) is 14.2 Å². The molecule has 0 fully saturated rings. The SMILES string of the molecule is C[C@]1(c2ccn(C(F)F)n2)CC(C(=O)O)c2cnc3cc(F)nn3c21. The second-order valence-corrected chi connectivity index (χ2v) is 6.18. The lowest BCUT2D eigenvalue weighted by Crippen LogP contribution is -2.25. The van der Waals surface area contributed by atoms with Crippen molar-refractivity contribution in [2.45, 2.75) is 31.2 Å². The minimum Gasteiger partial charge on any atom is -0.481 e. The Morgan fingerprint density at radius 2 is 2.20 bits per heavy atom. The Morgan fingerprint density at radius 3 is 2.84 bits per heavy atom. The van der Waals surface area contributed by atoms with Gasteiger partial charge in [0.05, 0.1) is 22.7 Å². The normalized spacial score (nSPS) is 22.7. The zero-order valence-corrected chi connectivity index (χ0v) is 12.9. The molecule has 0 aliphatic heterocycles. The van der Waals surface area contributed by atoms with Crippen molar-refractivity contribution >= 4 is 11.6 Å². The average molecular weight is 351 g/mol. The molecule has 130 valence electrons. The molecule has 2 atom stereocenters. The number of aromatic nitrogens is 5. The van der Waals surface area contributed by atoms with Gasteiger partial charge < -0.3 is 5.11 Å². The standard InChI is InChI=1S/C15H12F3N5O2/c1-15(9-2-3-22(20-9)14(17)18)5-7(13(24)25)8-6-19-11-4-10(16)21-23(11)12(8)15/h2-4,6-7,14H,5H2,1H3,(H,24,25)/t7?,15-/m1/s1. The molecule has 0 saturated carbocycles. The molecule has 3 aromatic heterocycles. The van der Waals surface area contributed by atoms with Crippen molar-refractivity contribution in [3.05, 3.63) is 47.4 Å². The molecule has 4 rings (SSSR count). The summed E-state index contributed by atoms with van der Waals surface area (Å²) in [5.74, 6) is -2.76. The van der Waals surface area contributed by atoms with Gasteiger partial charge in [0.25, 0.3) is 0 Å². The van der Waals surface area contributed by atoms with Crippen LogP contribution in [0, 0.1) is 5.95 Å². The first-order valence-corrected chi connectivity index (χ1v) is 7.42. The minimum atomic E-state index is -2.81. The molecule has 0 saturated heterocycles. The van der Waals surface area contributed by atoms with E-state index in [4.69, 9.17) is 0 Å². The van der Waals surface area contributed by atoms with E-state index >= 15 is 0 Å². The van der Waals surface area contributed by atoms with Gasteiger partial charge in [0.1, 0.15) is 0 Å². The van der Waals surface area contributed by atoms with E-state index in [0.29, 0.717) is 15.9 Å². The molecule has 25 heavy (non-hydrogen) atoms. The highest BCUT2D eigenvalue weighted by Crippen LogP contribution is 2.49. The molecular formula is C15H12F3N5O2. The van der Waals surface area contributed by atoms with Crippen LogP contribution < -0.4 is 0 Å². The molecule has 0 radical (unpaired) electrons. The third-order valence-electron chi connectivity index (χ3n) is 4.66. The van der Waals surface area contributed by atoms with Crippen molar-refractivity contribution in [2.75, 3.05) is 0 Å². The molecule has 0 spiro atoms. The number of hydrogen-bond donors (Lipinski definition) is 1. The third-order valence-corrected chi connectivity index (χ3v) is 4.66. The summed E-state index contributed by atoms with van der Waals surface area (Å²) in [4.78, 5) is 15.7. The molecule has 3 heterocycles. The number of halogens is 3. The largest absolute Gasteiger partial charge is 0.481 e. The average Bonchev–Trinajstić information content (AvgIpc) is 3.22. The number of rotatable bonds is 3. The second kappa shape index (κ2) is 5.04. The molecule has 1 aliphatic rings. The molecule has 10 heteroatoms. The lowest BCUT2D eigenvalue weighted by Gasteiger charge is -2.23. The second-order valence-electron chi connectivity index (χ2n) is 6.18. The van der Waals surface area contributed by atoms with Gasteiger partial charge in [-0.15, -0.1) is 5.10 Å². The van der Waals surface area contributed by atoms with Crippen LogP contribution in [0.2, 0.25) is 0 Å². The van der Waals surface area contributed by atoms with Gasteiger partial charge in [-0.1, -0.05) is 0 Å². The fraction of sp³-hybridized carbons (Fsp3) is 0.333. The lowest BCUT2D eigenvalue weighted by atomic mass is 9.83. The third kappa shape index (κ3) is 2.13. The van der Waals surface area contributed by atoms with Crippen LogP contribution in [0.1, 0.15) is 42.8 Å². The molecule has 0 bridgehead atoms. The Kier molecular flexibility index (Phi) is 3.15. The topological polar surface area (TPSA) is 85.3 Å². The first-order chi connectivity index (χ1) is 11.8. The maximum Gasteiger partial charge on any atom is 0.333 e. The van der Waals surface area contributed by atoms with Gasteiger partial charge in [0.2, 0.25) is 5.95 Å². The van der Waals surface area contributed by atoms with Gasteiger partial charge in [-0.3, -0.25) is 4.79 Å². The maximum absolute atomic E-state index is 13.6. The van der Waals surface area contributed by atoms with Crippen molar-refractivity contribution in [2.24, 2.45) is 0 Å². The van der Waals surface area contributed by atoms with E-state index in [0.717, 1.165) is 12.3 Å². The molecule has 0 amide bonds. The van der Waals surface area contributed by atoms with Crippen LogP contribution in [0.4, 0.5) is 13.2 Å². The fourth-order valence-corrected chi connectivity index (χ4v) is 3.53. The first kappa shape index (κ1) is 15.6. The molecular weight excluding hydrogens is 339 g/mol. The highest BCUT2D eigenvalue weighted by atomic mass is 19.3. The van der Waals surface area contributed by atoms with Gasteiger partial charge in [-0.2, -0.15) is 18.3 Å². The Hall–Kier alpha value is -2.91. The minimum absolute atomic E-state index is 0.0835. The van der Waals surface area contributed by atoms with Gasteiger partial charge in [0.15, 0.2) is 5.65 Å². The zero-order chi connectivity index (χ0) is 17.9.